The summed E-state index contributed by atoms with van der Waals surface area (Å²) < 4.78 is 0.593. The fourth-order valence-electron chi connectivity index (χ4n) is 0.696. The highest BCUT2D eigenvalue weighted by Crippen LogP contribution is 2.29. The predicted molar refractivity (Wildman–Crippen MR) is 44.9 cm³/mol. The van der Waals surface area contributed by atoms with E-state index in [1.54, 1.807) is 6.07 Å². The van der Waals surface area contributed by atoms with Gasteiger partial charge in [-0.1, -0.05) is 0 Å². The number of halogens is 1. The summed E-state index contributed by atoms with van der Waals surface area (Å²) in [5, 5.41) is 17.6. The van der Waals surface area contributed by atoms with E-state index in [0.29, 0.717) is 4.47 Å². The van der Waals surface area contributed by atoms with Crippen LogP contribution in [-0.2, 0) is 0 Å². The zero-order chi connectivity index (χ0) is 8.43. The van der Waals surface area contributed by atoms with Crippen molar-refractivity contribution in [3.05, 3.63) is 22.2 Å². The maximum Gasteiger partial charge on any atom is 0.139 e. The lowest BCUT2D eigenvalue weighted by Gasteiger charge is -2.01. The average molecular weight is 213 g/mol. The first-order valence-electron chi connectivity index (χ1n) is 2.84. The first kappa shape index (κ1) is 7.89. The Balaban J connectivity index is 3.44. The van der Waals surface area contributed by atoms with E-state index in [1.165, 1.54) is 6.07 Å². The number of hydrogen-bond donors (Lipinski definition) is 2. The van der Waals surface area contributed by atoms with Gasteiger partial charge in [0.15, 0.2) is 0 Å². The van der Waals surface area contributed by atoms with E-state index in [9.17, 15) is 0 Å². The molecule has 0 bridgehead atoms. The molecule has 0 saturated carbocycles. The van der Waals surface area contributed by atoms with Crippen LogP contribution in [0.3, 0.4) is 0 Å². The fourth-order valence-corrected chi connectivity index (χ4v) is 1.13. The number of nitriles is 1. The van der Waals surface area contributed by atoms with E-state index in [2.05, 4.69) is 15.9 Å². The summed E-state index contributed by atoms with van der Waals surface area (Å²) in [6, 6.07) is 4.88. The average Bonchev–Trinajstić information content (AvgIpc) is 1.99. The van der Waals surface area contributed by atoms with E-state index in [1.807, 2.05) is 6.07 Å². The molecule has 0 atom stereocenters. The van der Waals surface area contributed by atoms with Crippen LogP contribution in [0.15, 0.2) is 16.6 Å². The van der Waals surface area contributed by atoms with E-state index >= 15 is 0 Å². The van der Waals surface area contributed by atoms with Crippen LogP contribution >= 0.6 is 15.9 Å². The molecule has 1 rings (SSSR count). The van der Waals surface area contributed by atoms with Crippen LogP contribution in [0.2, 0.25) is 0 Å². The Bertz CT molecular complexity index is 330. The maximum atomic E-state index is 9.06. The number of benzene rings is 1. The third kappa shape index (κ3) is 1.28. The first-order chi connectivity index (χ1) is 5.16. The van der Waals surface area contributed by atoms with E-state index in [4.69, 9.17) is 16.1 Å². The summed E-state index contributed by atoms with van der Waals surface area (Å²) in [7, 11) is 0. The monoisotopic (exact) mass is 212 g/mol. The summed E-state index contributed by atoms with van der Waals surface area (Å²) in [6.45, 7) is 0. The number of nitrogens with two attached hydrogens (primary N) is 1. The maximum absolute atomic E-state index is 9.06. The van der Waals surface area contributed by atoms with E-state index < -0.39 is 0 Å². The smallest absolute Gasteiger partial charge is 0.139 e. The summed E-state index contributed by atoms with van der Waals surface area (Å²) in [5.41, 5.74) is 5.77. The number of nitrogen functional groups attached to an aromatic ring is 1. The Labute approximate surface area is 72.2 Å². The second-order valence-electron chi connectivity index (χ2n) is 1.97. The van der Waals surface area contributed by atoms with Gasteiger partial charge in [-0.2, -0.15) is 5.26 Å². The Hall–Kier alpha value is -1.21. The Morgan fingerprint density at radius 3 is 2.64 bits per heavy atom. The van der Waals surface area contributed by atoms with Crippen molar-refractivity contribution in [2.75, 3.05) is 5.73 Å². The standard InChI is InChI=1S/C7H5BrN2O/c8-5-1-2-6(11)7(10)4(5)3-9/h1-2,11H,10H2. The number of rotatable bonds is 0. The molecule has 0 fully saturated rings. The molecule has 4 heteroatoms. The zero-order valence-corrected chi connectivity index (χ0v) is 7.09. The Morgan fingerprint density at radius 2 is 2.18 bits per heavy atom. The summed E-state index contributed by atoms with van der Waals surface area (Å²) in [6.07, 6.45) is 0. The summed E-state index contributed by atoms with van der Waals surface area (Å²) >= 11 is 3.13. The van der Waals surface area contributed by atoms with Crippen LogP contribution < -0.4 is 5.73 Å². The molecule has 0 aliphatic heterocycles. The number of hydrogen-bond acceptors (Lipinski definition) is 3. The molecule has 56 valence electrons. The van der Waals surface area contributed by atoms with Crippen molar-refractivity contribution >= 4 is 21.6 Å². The van der Waals surface area contributed by atoms with Gasteiger partial charge in [-0.05, 0) is 28.1 Å². The van der Waals surface area contributed by atoms with Gasteiger partial charge in [0, 0.05) is 4.47 Å². The van der Waals surface area contributed by atoms with Gasteiger partial charge in [0.2, 0.25) is 0 Å². The Kier molecular flexibility index (Phi) is 2.01. The number of anilines is 1. The molecule has 0 unspecified atom stereocenters. The lowest BCUT2D eigenvalue weighted by Crippen LogP contribution is -1.91. The van der Waals surface area contributed by atoms with Gasteiger partial charge in [-0.15, -0.1) is 0 Å². The molecule has 3 N–H and O–H groups in total. The van der Waals surface area contributed by atoms with Crippen molar-refractivity contribution in [1.82, 2.24) is 0 Å². The number of phenols is 1. The summed E-state index contributed by atoms with van der Waals surface area (Å²) in [4.78, 5) is 0. The molecule has 3 nitrogen and oxygen atoms in total. The van der Waals surface area contributed by atoms with Crippen LogP contribution in [0.4, 0.5) is 5.69 Å². The third-order valence-electron chi connectivity index (χ3n) is 1.28. The van der Waals surface area contributed by atoms with E-state index in [-0.39, 0.29) is 17.0 Å². The van der Waals surface area contributed by atoms with Crippen molar-refractivity contribution in [3.63, 3.8) is 0 Å². The first-order valence-corrected chi connectivity index (χ1v) is 3.63. The fraction of sp³-hybridized carbons (Fsp3) is 0. The van der Waals surface area contributed by atoms with Crippen LogP contribution in [0.25, 0.3) is 0 Å². The third-order valence-corrected chi connectivity index (χ3v) is 1.94. The minimum Gasteiger partial charge on any atom is -0.506 e. The van der Waals surface area contributed by atoms with Gasteiger partial charge in [0.05, 0.1) is 11.3 Å². The van der Waals surface area contributed by atoms with Gasteiger partial charge in [-0.25, -0.2) is 0 Å². The highest BCUT2D eigenvalue weighted by atomic mass is 79.9. The molecule has 0 spiro atoms. The zero-order valence-electron chi connectivity index (χ0n) is 5.50. The molecule has 1 aromatic rings. The molecule has 0 saturated heterocycles. The molecule has 0 aliphatic rings. The van der Waals surface area contributed by atoms with Crippen molar-refractivity contribution in [2.24, 2.45) is 0 Å². The molecule has 1 aromatic carbocycles. The highest BCUT2D eigenvalue weighted by Gasteiger charge is 2.06. The van der Waals surface area contributed by atoms with Crippen molar-refractivity contribution < 1.29 is 5.11 Å². The van der Waals surface area contributed by atoms with Crippen molar-refractivity contribution in [3.8, 4) is 11.8 Å². The molecular formula is C7H5BrN2O. The summed E-state index contributed by atoms with van der Waals surface area (Å²) in [5.74, 6) is -0.0650. The van der Waals surface area contributed by atoms with E-state index in [0.717, 1.165) is 0 Å². The lowest BCUT2D eigenvalue weighted by atomic mass is 10.2. The highest BCUT2D eigenvalue weighted by molar-refractivity contribution is 9.10. The lowest BCUT2D eigenvalue weighted by molar-refractivity contribution is 0.477. The molecule has 0 heterocycles. The molecule has 0 amide bonds. The van der Waals surface area contributed by atoms with Crippen LogP contribution in [-0.4, -0.2) is 5.11 Å². The van der Waals surface area contributed by atoms with Crippen molar-refractivity contribution in [1.29, 1.82) is 5.26 Å². The number of nitrogens with zero attached hydrogens (tertiary/aromatic N) is 1. The number of aromatic hydroxyl groups is 1. The molecule has 0 radical (unpaired) electrons. The molecule has 0 aliphatic carbocycles. The minimum absolute atomic E-state index is 0.0650. The van der Waals surface area contributed by atoms with Crippen molar-refractivity contribution in [2.45, 2.75) is 0 Å². The quantitative estimate of drug-likeness (QED) is 0.508. The molecule has 0 aromatic heterocycles. The van der Waals surface area contributed by atoms with Gasteiger partial charge in [0.25, 0.3) is 0 Å². The van der Waals surface area contributed by atoms with Crippen LogP contribution in [0.1, 0.15) is 5.56 Å². The number of phenolic OH excluding ortho intramolecular Hbond substituents is 1. The van der Waals surface area contributed by atoms with Gasteiger partial charge >= 0.3 is 0 Å². The Morgan fingerprint density at radius 1 is 1.55 bits per heavy atom. The molecule has 11 heavy (non-hydrogen) atoms. The predicted octanol–water partition coefficient (Wildman–Crippen LogP) is 1.61. The SMILES string of the molecule is N#Cc1c(Br)ccc(O)c1N. The topological polar surface area (TPSA) is 70.0 Å². The van der Waals surface area contributed by atoms with Gasteiger partial charge in [0.1, 0.15) is 11.8 Å². The largest absolute Gasteiger partial charge is 0.506 e. The normalized spacial score (nSPS) is 9.09. The van der Waals surface area contributed by atoms with Crippen LogP contribution in [0.5, 0.6) is 5.75 Å². The second-order valence-corrected chi connectivity index (χ2v) is 2.82. The molecular weight excluding hydrogens is 208 g/mol. The second kappa shape index (κ2) is 2.81. The minimum atomic E-state index is -0.0650. The van der Waals surface area contributed by atoms with Crippen LogP contribution in [0, 0.1) is 11.3 Å². The van der Waals surface area contributed by atoms with Gasteiger partial charge < -0.3 is 10.8 Å². The van der Waals surface area contributed by atoms with Gasteiger partial charge in [-0.3, -0.25) is 0 Å².